The smallest absolute Gasteiger partial charge is 0.308 e. The van der Waals surface area contributed by atoms with E-state index in [1.807, 2.05) is 19.1 Å². The fourth-order valence-electron chi connectivity index (χ4n) is 2.61. The monoisotopic (exact) mass is 360 g/mol. The van der Waals surface area contributed by atoms with Gasteiger partial charge in [0.15, 0.2) is 0 Å². The van der Waals surface area contributed by atoms with Crippen LogP contribution in [0.2, 0.25) is 0 Å². The maximum absolute atomic E-state index is 13.1. The molecule has 2 atom stereocenters. The van der Waals surface area contributed by atoms with Crippen LogP contribution in [0.1, 0.15) is 86.0 Å². The Kier molecular flexibility index (Phi) is 15.1. The molecule has 0 aromatic heterocycles. The van der Waals surface area contributed by atoms with Gasteiger partial charge in [-0.05, 0) is 31.6 Å². The van der Waals surface area contributed by atoms with Crippen LogP contribution in [-0.4, -0.2) is 19.4 Å². The number of hydrogen-bond acceptors (Lipinski definition) is 3. The summed E-state index contributed by atoms with van der Waals surface area (Å²) < 4.78 is 24.8. The lowest BCUT2D eigenvalue weighted by Crippen LogP contribution is -2.13. The van der Waals surface area contributed by atoms with Gasteiger partial charge in [0.05, 0.1) is 19.4 Å². The lowest BCUT2D eigenvalue weighted by molar-refractivity contribution is 0.152. The summed E-state index contributed by atoms with van der Waals surface area (Å²) in [7, 11) is -3.02. The summed E-state index contributed by atoms with van der Waals surface area (Å²) in [6.45, 7) is 11.8. The molecule has 144 valence electrons. The first kappa shape index (κ1) is 23.9. The summed E-state index contributed by atoms with van der Waals surface area (Å²) >= 11 is 0. The number of hydrogen-bond donors (Lipinski definition) is 0. The molecule has 0 radical (unpaired) electrons. The van der Waals surface area contributed by atoms with Crippen LogP contribution in [0.25, 0.3) is 0 Å². The van der Waals surface area contributed by atoms with E-state index in [0.29, 0.717) is 31.2 Å². The van der Waals surface area contributed by atoms with Gasteiger partial charge < -0.3 is 9.05 Å². The summed E-state index contributed by atoms with van der Waals surface area (Å²) in [6, 6.07) is 0. The maximum atomic E-state index is 13.1. The minimum atomic E-state index is -3.02. The zero-order valence-electron chi connectivity index (χ0n) is 16.8. The first-order chi connectivity index (χ1) is 11.5. The molecule has 0 aromatic carbocycles. The highest BCUT2D eigenvalue weighted by Crippen LogP contribution is 2.49. The van der Waals surface area contributed by atoms with E-state index in [4.69, 9.17) is 9.05 Å². The van der Waals surface area contributed by atoms with E-state index in [1.54, 1.807) is 0 Å². The second-order valence-electron chi connectivity index (χ2n) is 6.79. The van der Waals surface area contributed by atoms with Gasteiger partial charge in [-0.3, -0.25) is 4.57 Å². The molecule has 0 aliphatic heterocycles. The lowest BCUT2D eigenvalue weighted by Gasteiger charge is -2.23. The Morgan fingerprint density at radius 2 is 1.33 bits per heavy atom. The van der Waals surface area contributed by atoms with Crippen molar-refractivity contribution >= 4 is 7.60 Å². The fourth-order valence-corrected chi connectivity index (χ4v) is 4.24. The Hall–Kier alpha value is -0.110. The van der Waals surface area contributed by atoms with Crippen LogP contribution in [0, 0.1) is 11.8 Å². The zero-order valence-corrected chi connectivity index (χ0v) is 17.7. The van der Waals surface area contributed by atoms with E-state index < -0.39 is 7.60 Å². The number of allylic oxidation sites excluding steroid dienone is 2. The van der Waals surface area contributed by atoms with Gasteiger partial charge >= 0.3 is 7.60 Å². The molecule has 0 bridgehead atoms. The van der Waals surface area contributed by atoms with Gasteiger partial charge in [-0.15, -0.1) is 0 Å². The second-order valence-corrected chi connectivity index (χ2v) is 8.89. The summed E-state index contributed by atoms with van der Waals surface area (Å²) in [5, 5.41) is 0. The van der Waals surface area contributed by atoms with Crippen LogP contribution in [0.4, 0.5) is 0 Å². The second kappa shape index (κ2) is 15.2. The van der Waals surface area contributed by atoms with Gasteiger partial charge in [0.2, 0.25) is 0 Å². The van der Waals surface area contributed by atoms with Gasteiger partial charge in [0.1, 0.15) is 0 Å². The predicted molar refractivity (Wildman–Crippen MR) is 106 cm³/mol. The molecule has 0 spiro atoms. The topological polar surface area (TPSA) is 35.5 Å². The van der Waals surface area contributed by atoms with Crippen molar-refractivity contribution in [2.75, 3.05) is 19.4 Å². The molecular formula is C20H41O3P. The molecule has 0 saturated heterocycles. The van der Waals surface area contributed by atoms with E-state index >= 15 is 0 Å². The highest BCUT2D eigenvalue weighted by Gasteiger charge is 2.25. The largest absolute Gasteiger partial charge is 0.334 e. The third-order valence-electron chi connectivity index (χ3n) is 4.67. The van der Waals surface area contributed by atoms with Crippen LogP contribution in [0.15, 0.2) is 12.2 Å². The molecule has 0 heterocycles. The van der Waals surface area contributed by atoms with Crippen molar-refractivity contribution in [2.24, 2.45) is 11.8 Å². The minimum absolute atomic E-state index is 0.387. The molecule has 2 unspecified atom stereocenters. The van der Waals surface area contributed by atoms with Crippen LogP contribution < -0.4 is 0 Å². The molecule has 0 rings (SSSR count). The molecule has 3 nitrogen and oxygen atoms in total. The van der Waals surface area contributed by atoms with E-state index in [0.717, 1.165) is 25.7 Å². The highest BCUT2D eigenvalue weighted by molar-refractivity contribution is 7.54. The van der Waals surface area contributed by atoms with Gasteiger partial charge in [-0.1, -0.05) is 78.4 Å². The normalized spacial score (nSPS) is 17.0. The lowest BCUT2D eigenvalue weighted by atomic mass is 10.0. The van der Waals surface area contributed by atoms with Crippen LogP contribution in [0.5, 0.6) is 0 Å². The number of rotatable bonds is 16. The molecule has 0 aliphatic rings. The third kappa shape index (κ3) is 11.4. The third-order valence-corrected chi connectivity index (χ3v) is 6.41. The summed E-state index contributed by atoms with van der Waals surface area (Å²) in [4.78, 5) is 0. The first-order valence-electron chi connectivity index (χ1n) is 10.0. The van der Waals surface area contributed by atoms with E-state index in [9.17, 15) is 4.57 Å². The Labute approximate surface area is 151 Å². The Morgan fingerprint density at radius 1 is 0.875 bits per heavy atom. The highest BCUT2D eigenvalue weighted by atomic mass is 31.2. The standard InChI is InChI=1S/C20H41O3P/c1-6-11-14-19(9-4)17-22-24(21,16-13-8-3)23-18-20(10-5)15-12-7-2/h8,13,19-20H,6-7,9-12,14-18H2,1-5H3/b13-8+. The van der Waals surface area contributed by atoms with Crippen molar-refractivity contribution < 1.29 is 13.6 Å². The van der Waals surface area contributed by atoms with E-state index in [2.05, 4.69) is 27.7 Å². The fraction of sp³-hybridized carbons (Fsp3) is 0.900. The molecule has 0 aromatic rings. The zero-order chi connectivity index (χ0) is 18.3. The molecule has 0 saturated carbocycles. The Balaban J connectivity index is 4.60. The molecule has 0 N–H and O–H groups in total. The van der Waals surface area contributed by atoms with Crippen LogP contribution >= 0.6 is 7.60 Å². The summed E-state index contributed by atoms with van der Waals surface area (Å²) in [6.07, 6.45) is 13.4. The van der Waals surface area contributed by atoms with Crippen LogP contribution in [0.3, 0.4) is 0 Å². The molecule has 24 heavy (non-hydrogen) atoms. The van der Waals surface area contributed by atoms with E-state index in [1.165, 1.54) is 25.7 Å². The van der Waals surface area contributed by atoms with Crippen molar-refractivity contribution in [3.05, 3.63) is 12.2 Å². The average molecular weight is 361 g/mol. The first-order valence-corrected chi connectivity index (χ1v) is 11.8. The van der Waals surface area contributed by atoms with Crippen LogP contribution in [-0.2, 0) is 13.6 Å². The molecular weight excluding hydrogens is 319 g/mol. The maximum Gasteiger partial charge on any atom is 0.334 e. The molecule has 0 aliphatic carbocycles. The quantitative estimate of drug-likeness (QED) is 0.215. The molecule has 0 fully saturated rings. The van der Waals surface area contributed by atoms with Crippen molar-refractivity contribution in [2.45, 2.75) is 86.0 Å². The molecule has 4 heteroatoms. The van der Waals surface area contributed by atoms with Crippen molar-refractivity contribution in [1.82, 2.24) is 0 Å². The van der Waals surface area contributed by atoms with E-state index in [-0.39, 0.29) is 0 Å². The SMILES string of the molecule is C/C=C/CP(=O)(OCC(CC)CCCC)OCC(CC)CCCC. The Bertz CT molecular complexity index is 331. The number of unbranched alkanes of at least 4 members (excludes halogenated alkanes) is 2. The van der Waals surface area contributed by atoms with Gasteiger partial charge in [0, 0.05) is 0 Å². The minimum Gasteiger partial charge on any atom is -0.308 e. The summed E-state index contributed by atoms with van der Waals surface area (Å²) in [5.41, 5.74) is 0. The summed E-state index contributed by atoms with van der Waals surface area (Å²) in [5.74, 6) is 0.962. The molecule has 0 amide bonds. The predicted octanol–water partition coefficient (Wildman–Crippen LogP) is 7.22. The Morgan fingerprint density at radius 3 is 1.67 bits per heavy atom. The van der Waals surface area contributed by atoms with Crippen molar-refractivity contribution in [3.8, 4) is 0 Å². The van der Waals surface area contributed by atoms with Gasteiger partial charge in [-0.25, -0.2) is 0 Å². The van der Waals surface area contributed by atoms with Gasteiger partial charge in [0.25, 0.3) is 0 Å². The average Bonchev–Trinajstić information content (AvgIpc) is 2.60. The van der Waals surface area contributed by atoms with Gasteiger partial charge in [-0.2, -0.15) is 0 Å². The van der Waals surface area contributed by atoms with Crippen molar-refractivity contribution in [3.63, 3.8) is 0 Å². The van der Waals surface area contributed by atoms with Crippen molar-refractivity contribution in [1.29, 1.82) is 0 Å².